The number of aliphatic hydroxyl groups is 1. The van der Waals surface area contributed by atoms with E-state index in [9.17, 15) is 5.11 Å². The second-order valence-electron chi connectivity index (χ2n) is 7.62. The van der Waals surface area contributed by atoms with Crippen LogP contribution in [-0.4, -0.2) is 48.0 Å². The molecule has 146 valence electrons. The van der Waals surface area contributed by atoms with Gasteiger partial charge in [0, 0.05) is 43.9 Å². The summed E-state index contributed by atoms with van der Waals surface area (Å²) in [7, 11) is 0. The van der Waals surface area contributed by atoms with E-state index >= 15 is 0 Å². The van der Waals surface area contributed by atoms with Gasteiger partial charge in [-0.1, -0.05) is 17.7 Å². The van der Waals surface area contributed by atoms with Gasteiger partial charge in [-0.2, -0.15) is 5.26 Å². The topological polar surface area (TPSA) is 65.7 Å². The molecular formula is C22H23ClN2O3. The van der Waals surface area contributed by atoms with Crippen LogP contribution in [0.1, 0.15) is 24.0 Å². The molecule has 28 heavy (non-hydrogen) atoms. The maximum atomic E-state index is 10.3. The van der Waals surface area contributed by atoms with Gasteiger partial charge in [0.15, 0.2) is 0 Å². The quantitative estimate of drug-likeness (QED) is 0.835. The lowest BCUT2D eigenvalue weighted by atomic mass is 9.87. The first-order chi connectivity index (χ1) is 13.5. The van der Waals surface area contributed by atoms with Crippen molar-refractivity contribution in [1.82, 2.24) is 4.90 Å². The first-order valence-corrected chi connectivity index (χ1v) is 9.94. The van der Waals surface area contributed by atoms with Crippen molar-refractivity contribution in [3.63, 3.8) is 0 Å². The number of likely N-dealkylation sites (tertiary alicyclic amines) is 1. The van der Waals surface area contributed by atoms with Crippen molar-refractivity contribution in [2.24, 2.45) is 0 Å². The van der Waals surface area contributed by atoms with E-state index in [4.69, 9.17) is 26.3 Å². The highest BCUT2D eigenvalue weighted by Crippen LogP contribution is 2.41. The third-order valence-corrected chi connectivity index (χ3v) is 5.74. The number of β-amino-alcohol motifs (C(OH)–C–C–N with tert-alkyl or cyclic N) is 1. The molecular weight excluding hydrogens is 376 g/mol. The number of nitriles is 1. The molecule has 1 saturated heterocycles. The van der Waals surface area contributed by atoms with E-state index in [-0.39, 0.29) is 12.2 Å². The molecule has 1 fully saturated rings. The molecule has 0 amide bonds. The molecule has 1 spiro atoms. The Morgan fingerprint density at radius 3 is 2.86 bits per heavy atom. The first kappa shape index (κ1) is 19.1. The molecule has 2 aliphatic rings. The summed E-state index contributed by atoms with van der Waals surface area (Å²) in [4.78, 5) is 2.25. The smallest absolute Gasteiger partial charge is 0.123 e. The van der Waals surface area contributed by atoms with Gasteiger partial charge in [-0.15, -0.1) is 0 Å². The fraction of sp³-hybridized carbons (Fsp3) is 0.409. The Hall–Kier alpha value is -2.26. The summed E-state index contributed by atoms with van der Waals surface area (Å²) in [5, 5.41) is 20.0. The van der Waals surface area contributed by atoms with Crippen LogP contribution < -0.4 is 9.47 Å². The van der Waals surface area contributed by atoms with E-state index in [0.717, 1.165) is 43.1 Å². The predicted molar refractivity (Wildman–Crippen MR) is 107 cm³/mol. The van der Waals surface area contributed by atoms with Crippen LogP contribution in [-0.2, 0) is 6.42 Å². The molecule has 1 atom stereocenters. The molecule has 2 aliphatic heterocycles. The molecule has 1 N–H and O–H groups in total. The second-order valence-corrected chi connectivity index (χ2v) is 8.06. The summed E-state index contributed by atoms with van der Waals surface area (Å²) in [6, 6.07) is 14.9. The molecule has 0 saturated carbocycles. The zero-order chi connectivity index (χ0) is 19.6. The number of fused-ring (bicyclic) bond motifs is 1. The third kappa shape index (κ3) is 4.25. The molecule has 6 heteroatoms. The number of benzene rings is 2. The number of nitrogens with zero attached hydrogens (tertiary/aromatic N) is 2. The van der Waals surface area contributed by atoms with Gasteiger partial charge in [-0.25, -0.2) is 0 Å². The molecule has 0 radical (unpaired) electrons. The van der Waals surface area contributed by atoms with Gasteiger partial charge in [-0.05, 0) is 42.0 Å². The lowest BCUT2D eigenvalue weighted by molar-refractivity contribution is -0.00195. The molecule has 0 aliphatic carbocycles. The van der Waals surface area contributed by atoms with Crippen molar-refractivity contribution < 1.29 is 14.6 Å². The summed E-state index contributed by atoms with van der Waals surface area (Å²) < 4.78 is 11.9. The number of hydrogen-bond donors (Lipinski definition) is 1. The van der Waals surface area contributed by atoms with Gasteiger partial charge in [0.05, 0.1) is 11.6 Å². The fourth-order valence-corrected chi connectivity index (χ4v) is 4.22. The van der Waals surface area contributed by atoms with E-state index < -0.39 is 6.10 Å². The van der Waals surface area contributed by atoms with Gasteiger partial charge in [0.1, 0.15) is 29.8 Å². The summed E-state index contributed by atoms with van der Waals surface area (Å²) >= 11 is 6.10. The molecule has 2 aromatic carbocycles. The highest BCUT2D eigenvalue weighted by atomic mass is 35.5. The summed E-state index contributed by atoms with van der Waals surface area (Å²) in [5.41, 5.74) is 1.60. The monoisotopic (exact) mass is 398 g/mol. The van der Waals surface area contributed by atoms with Crippen LogP contribution in [0.2, 0.25) is 5.02 Å². The minimum Gasteiger partial charge on any atom is -0.491 e. The van der Waals surface area contributed by atoms with Crippen molar-refractivity contribution in [1.29, 1.82) is 5.26 Å². The summed E-state index contributed by atoms with van der Waals surface area (Å²) in [6.45, 7) is 2.52. The number of halogens is 1. The highest BCUT2D eigenvalue weighted by Gasteiger charge is 2.42. The largest absolute Gasteiger partial charge is 0.491 e. The molecule has 5 nitrogen and oxygen atoms in total. The van der Waals surface area contributed by atoms with Gasteiger partial charge >= 0.3 is 0 Å². The lowest BCUT2D eigenvalue weighted by Crippen LogP contribution is -2.49. The Labute approximate surface area is 170 Å². The van der Waals surface area contributed by atoms with Crippen molar-refractivity contribution in [2.45, 2.75) is 31.0 Å². The molecule has 0 bridgehead atoms. The number of ether oxygens (including phenoxy) is 2. The summed E-state index contributed by atoms with van der Waals surface area (Å²) in [6.07, 6.45) is 2.17. The number of hydrogen-bond acceptors (Lipinski definition) is 5. The Morgan fingerprint density at radius 2 is 2.07 bits per heavy atom. The van der Waals surface area contributed by atoms with Crippen LogP contribution in [0.25, 0.3) is 0 Å². The lowest BCUT2D eigenvalue weighted by Gasteiger charge is -2.39. The third-order valence-electron chi connectivity index (χ3n) is 5.50. The zero-order valence-corrected chi connectivity index (χ0v) is 16.4. The van der Waals surface area contributed by atoms with Crippen molar-refractivity contribution in [3.05, 3.63) is 58.6 Å². The summed E-state index contributed by atoms with van der Waals surface area (Å²) in [5.74, 6) is 1.55. The molecule has 0 unspecified atom stereocenters. The minimum absolute atomic E-state index is 0.136. The van der Waals surface area contributed by atoms with Gasteiger partial charge in [0.25, 0.3) is 0 Å². The van der Waals surface area contributed by atoms with Crippen LogP contribution in [0.3, 0.4) is 0 Å². The van der Waals surface area contributed by atoms with E-state index in [2.05, 4.69) is 11.0 Å². The first-order valence-electron chi connectivity index (χ1n) is 9.56. The van der Waals surface area contributed by atoms with Crippen molar-refractivity contribution in [3.8, 4) is 17.6 Å². The SMILES string of the molecule is N#Cc1cccc(OC[C@H](O)CN2CCC3(CC2)Cc2cc(Cl)ccc2O3)c1. The standard InChI is InChI=1S/C22H23ClN2O3/c23-18-4-5-21-17(11-18)12-22(28-21)6-8-25(9-7-22)14-19(26)15-27-20-3-1-2-16(10-20)13-24/h1-5,10-11,19,26H,6-9,12,14-15H2/t19-/m1/s1. The molecule has 0 aromatic heterocycles. The van der Waals surface area contributed by atoms with E-state index in [1.807, 2.05) is 18.2 Å². The molecule has 2 heterocycles. The van der Waals surface area contributed by atoms with Crippen LogP contribution in [0.4, 0.5) is 0 Å². The zero-order valence-electron chi connectivity index (χ0n) is 15.6. The molecule has 4 rings (SSSR count). The van der Waals surface area contributed by atoms with E-state index in [0.29, 0.717) is 17.9 Å². The maximum Gasteiger partial charge on any atom is 0.123 e. The Kier molecular flexibility index (Phi) is 5.45. The van der Waals surface area contributed by atoms with Crippen LogP contribution in [0.15, 0.2) is 42.5 Å². The second kappa shape index (κ2) is 8.00. The van der Waals surface area contributed by atoms with E-state index in [1.165, 1.54) is 5.56 Å². The average Bonchev–Trinajstić information content (AvgIpc) is 3.05. The fourth-order valence-electron chi connectivity index (χ4n) is 4.02. The van der Waals surface area contributed by atoms with Crippen LogP contribution in [0.5, 0.6) is 11.5 Å². The van der Waals surface area contributed by atoms with Crippen LogP contribution in [0, 0.1) is 11.3 Å². The van der Waals surface area contributed by atoms with Crippen LogP contribution >= 0.6 is 11.6 Å². The average molecular weight is 399 g/mol. The van der Waals surface area contributed by atoms with Crippen molar-refractivity contribution >= 4 is 11.6 Å². The maximum absolute atomic E-state index is 10.3. The molecule has 2 aromatic rings. The minimum atomic E-state index is -0.583. The Balaban J connectivity index is 1.25. The predicted octanol–water partition coefficient (Wildman–Crippen LogP) is 3.42. The van der Waals surface area contributed by atoms with Gasteiger partial charge < -0.3 is 19.5 Å². The Bertz CT molecular complexity index is 888. The number of piperidine rings is 1. The highest BCUT2D eigenvalue weighted by molar-refractivity contribution is 6.30. The van der Waals surface area contributed by atoms with Gasteiger partial charge in [0.2, 0.25) is 0 Å². The van der Waals surface area contributed by atoms with Gasteiger partial charge in [-0.3, -0.25) is 0 Å². The number of rotatable bonds is 5. The Morgan fingerprint density at radius 1 is 1.25 bits per heavy atom. The normalized spacial score (nSPS) is 18.9. The van der Waals surface area contributed by atoms with Crippen molar-refractivity contribution in [2.75, 3.05) is 26.2 Å². The number of aliphatic hydroxyl groups excluding tert-OH is 1. The van der Waals surface area contributed by atoms with E-state index in [1.54, 1.807) is 24.3 Å².